The maximum atomic E-state index is 11.1. The number of terminal acetylenes is 4. The van der Waals surface area contributed by atoms with Crippen LogP contribution in [0.15, 0.2) is 0 Å². The third kappa shape index (κ3) is 2.22. The molecule has 0 radical (unpaired) electrons. The van der Waals surface area contributed by atoms with E-state index in [9.17, 15) is 30.6 Å². The Balaban J connectivity index is 3.85. The van der Waals surface area contributed by atoms with Crippen molar-refractivity contribution < 1.29 is 30.6 Å². The summed E-state index contributed by atoms with van der Waals surface area (Å²) in [6, 6.07) is 0. The van der Waals surface area contributed by atoms with Gasteiger partial charge < -0.3 is 30.6 Å². The topological polar surface area (TPSA) is 121 Å². The highest BCUT2D eigenvalue weighted by Crippen LogP contribution is 2.54. The summed E-state index contributed by atoms with van der Waals surface area (Å²) in [5, 5.41) is 64.5. The van der Waals surface area contributed by atoms with Gasteiger partial charge in [0.2, 0.25) is 0 Å². The van der Waals surface area contributed by atoms with E-state index in [0.29, 0.717) is 0 Å². The van der Waals surface area contributed by atoms with Crippen molar-refractivity contribution in [3.63, 3.8) is 0 Å². The fourth-order valence-electron chi connectivity index (χ4n) is 3.43. The van der Waals surface area contributed by atoms with E-state index in [1.54, 1.807) is 0 Å². The van der Waals surface area contributed by atoms with Gasteiger partial charge in [0.25, 0.3) is 0 Å². The zero-order valence-corrected chi connectivity index (χ0v) is 13.0. The minimum atomic E-state index is -2.74. The van der Waals surface area contributed by atoms with Crippen LogP contribution in [0.5, 0.6) is 0 Å². The lowest BCUT2D eigenvalue weighted by Gasteiger charge is -2.63. The standard InChI is InChI=1S/C18H20O6/c1-5-9-15(21)13(19)14(20)16(22,10-6-2)18(24,12-8-4)17(15,23)11-7-3/h1-4,13-14,19-24H,9-12H2/t13-,14+,15-,16-,17-,18-/m0/s1. The van der Waals surface area contributed by atoms with E-state index in [0.717, 1.165) is 0 Å². The Labute approximate surface area is 141 Å². The van der Waals surface area contributed by atoms with Crippen LogP contribution in [0.3, 0.4) is 0 Å². The van der Waals surface area contributed by atoms with Crippen LogP contribution in [0.2, 0.25) is 0 Å². The average molecular weight is 332 g/mol. The van der Waals surface area contributed by atoms with Crippen molar-refractivity contribution in [2.45, 2.75) is 60.3 Å². The summed E-state index contributed by atoms with van der Waals surface area (Å²) in [4.78, 5) is 0. The predicted molar refractivity (Wildman–Crippen MR) is 85.6 cm³/mol. The molecule has 1 saturated carbocycles. The van der Waals surface area contributed by atoms with E-state index in [1.165, 1.54) is 0 Å². The molecule has 1 fully saturated rings. The van der Waals surface area contributed by atoms with Crippen molar-refractivity contribution in [3.8, 4) is 49.4 Å². The molecule has 0 heterocycles. The van der Waals surface area contributed by atoms with E-state index >= 15 is 0 Å². The first kappa shape index (κ1) is 20.0. The van der Waals surface area contributed by atoms with Crippen LogP contribution < -0.4 is 0 Å². The second-order valence-electron chi connectivity index (χ2n) is 5.98. The van der Waals surface area contributed by atoms with Gasteiger partial charge in [0, 0.05) is 25.7 Å². The Kier molecular flexibility index (Phi) is 5.41. The second-order valence-corrected chi connectivity index (χ2v) is 5.98. The minimum absolute atomic E-state index is 0.678. The first-order valence-electron chi connectivity index (χ1n) is 7.05. The highest BCUT2D eigenvalue weighted by Gasteiger charge is 2.77. The van der Waals surface area contributed by atoms with Crippen molar-refractivity contribution in [1.29, 1.82) is 0 Å². The van der Waals surface area contributed by atoms with Gasteiger partial charge in [0.1, 0.15) is 34.6 Å². The Morgan fingerprint density at radius 2 is 0.833 bits per heavy atom. The van der Waals surface area contributed by atoms with Crippen LogP contribution in [0, 0.1) is 49.4 Å². The third-order valence-electron chi connectivity index (χ3n) is 4.85. The van der Waals surface area contributed by atoms with Gasteiger partial charge >= 0.3 is 0 Å². The van der Waals surface area contributed by atoms with Crippen molar-refractivity contribution in [1.82, 2.24) is 0 Å². The number of aliphatic hydroxyl groups is 6. The fourth-order valence-corrected chi connectivity index (χ4v) is 3.43. The Morgan fingerprint density at radius 1 is 0.583 bits per heavy atom. The quantitative estimate of drug-likeness (QED) is 0.323. The zero-order chi connectivity index (χ0) is 18.8. The van der Waals surface area contributed by atoms with Gasteiger partial charge in [-0.3, -0.25) is 0 Å². The van der Waals surface area contributed by atoms with Crippen molar-refractivity contribution in [2.75, 3.05) is 0 Å². The van der Waals surface area contributed by atoms with Crippen molar-refractivity contribution in [2.24, 2.45) is 0 Å². The molecule has 1 aliphatic rings. The van der Waals surface area contributed by atoms with Crippen LogP contribution in [0.25, 0.3) is 0 Å². The summed E-state index contributed by atoms with van der Waals surface area (Å²) in [5.74, 6) is 8.21. The van der Waals surface area contributed by atoms with E-state index in [2.05, 4.69) is 11.8 Å². The average Bonchev–Trinajstić information content (AvgIpc) is 2.52. The molecule has 0 aromatic rings. The number of aliphatic hydroxyl groups excluding tert-OH is 2. The summed E-state index contributed by atoms with van der Waals surface area (Å²) >= 11 is 0. The fraction of sp³-hybridized carbons (Fsp3) is 0.556. The third-order valence-corrected chi connectivity index (χ3v) is 4.85. The molecule has 0 amide bonds. The summed E-state index contributed by atoms with van der Waals surface area (Å²) in [7, 11) is 0. The zero-order valence-electron chi connectivity index (χ0n) is 13.0. The van der Waals surface area contributed by atoms with E-state index in [4.69, 9.17) is 25.7 Å². The van der Waals surface area contributed by atoms with Crippen LogP contribution in [-0.4, -0.2) is 65.3 Å². The summed E-state index contributed by atoms with van der Waals surface area (Å²) in [6.07, 6.45) is 13.7. The molecule has 0 aliphatic heterocycles. The van der Waals surface area contributed by atoms with E-state index < -0.39 is 60.3 Å². The Morgan fingerprint density at radius 3 is 1.04 bits per heavy atom. The van der Waals surface area contributed by atoms with Crippen LogP contribution in [0.4, 0.5) is 0 Å². The lowest BCUT2D eigenvalue weighted by Crippen LogP contribution is -2.87. The summed E-state index contributed by atoms with van der Waals surface area (Å²) in [6.45, 7) is 0. The summed E-state index contributed by atoms with van der Waals surface area (Å²) in [5.41, 5.74) is -10.8. The Bertz CT molecular complexity index is 603. The number of hydrogen-bond acceptors (Lipinski definition) is 6. The molecular formula is C18H20O6. The molecule has 1 rings (SSSR count). The van der Waals surface area contributed by atoms with Gasteiger partial charge in [-0.1, -0.05) is 0 Å². The molecule has 6 heteroatoms. The predicted octanol–water partition coefficient (Wildman–Crippen LogP) is -2.26. The molecule has 0 bridgehead atoms. The molecule has 6 atom stereocenters. The SMILES string of the molecule is C#CC[C@@]1(O)[C@](O)(CC#C)[C@](O)(CC#C)[C@@H](O)[C@@H](O)[C@@]1(O)CC#C. The van der Waals surface area contributed by atoms with Crippen molar-refractivity contribution in [3.05, 3.63) is 0 Å². The lowest BCUT2D eigenvalue weighted by atomic mass is 9.50. The van der Waals surface area contributed by atoms with Gasteiger partial charge in [-0.05, 0) is 0 Å². The largest absolute Gasteiger partial charge is 0.387 e. The molecule has 6 N–H and O–H groups in total. The smallest absolute Gasteiger partial charge is 0.140 e. The number of hydrogen-bond donors (Lipinski definition) is 6. The molecule has 1 aliphatic carbocycles. The maximum absolute atomic E-state index is 11.1. The van der Waals surface area contributed by atoms with Gasteiger partial charge in [0.15, 0.2) is 0 Å². The monoisotopic (exact) mass is 332 g/mol. The molecule has 0 unspecified atom stereocenters. The van der Waals surface area contributed by atoms with Gasteiger partial charge in [0.05, 0.1) is 0 Å². The van der Waals surface area contributed by atoms with Crippen LogP contribution in [-0.2, 0) is 0 Å². The first-order chi connectivity index (χ1) is 11.1. The van der Waals surface area contributed by atoms with Crippen LogP contribution in [0.1, 0.15) is 25.7 Å². The molecular weight excluding hydrogens is 312 g/mol. The normalized spacial score (nSPS) is 44.6. The van der Waals surface area contributed by atoms with Gasteiger partial charge in [-0.25, -0.2) is 0 Å². The molecule has 0 aromatic carbocycles. The van der Waals surface area contributed by atoms with Crippen molar-refractivity contribution >= 4 is 0 Å². The molecule has 0 spiro atoms. The first-order valence-corrected chi connectivity index (χ1v) is 7.05. The molecule has 0 aromatic heterocycles. The molecule has 6 nitrogen and oxygen atoms in total. The lowest BCUT2D eigenvalue weighted by molar-refractivity contribution is -0.376. The molecule has 128 valence electrons. The van der Waals surface area contributed by atoms with Gasteiger partial charge in [-0.2, -0.15) is 0 Å². The van der Waals surface area contributed by atoms with E-state index in [1.807, 2.05) is 11.8 Å². The number of rotatable bonds is 4. The van der Waals surface area contributed by atoms with Crippen LogP contribution >= 0.6 is 0 Å². The molecule has 0 saturated heterocycles. The highest BCUT2D eigenvalue weighted by molar-refractivity contribution is 5.34. The minimum Gasteiger partial charge on any atom is -0.387 e. The van der Waals surface area contributed by atoms with E-state index in [-0.39, 0.29) is 0 Å². The maximum Gasteiger partial charge on any atom is 0.140 e. The summed E-state index contributed by atoms with van der Waals surface area (Å²) < 4.78 is 0. The Hall–Kier alpha value is -2.00. The highest BCUT2D eigenvalue weighted by atomic mass is 16.5. The second kappa shape index (κ2) is 6.48. The van der Waals surface area contributed by atoms with Gasteiger partial charge in [-0.15, -0.1) is 49.4 Å². The molecule has 24 heavy (non-hydrogen) atoms.